The monoisotopic (exact) mass is 456 g/mol. The number of ketones is 1. The third-order valence-electron chi connectivity index (χ3n) is 6.13. The Hall–Kier alpha value is -2.81. The highest BCUT2D eigenvalue weighted by Gasteiger charge is 2.20. The number of halogens is 1. The Bertz CT molecular complexity index is 1110. The molecule has 1 N–H and O–H groups in total. The number of ether oxygens (including phenoxy) is 1. The summed E-state index contributed by atoms with van der Waals surface area (Å²) in [6, 6.07) is 6.30. The number of unbranched alkanes of at least 4 members (excludes halogenated alkanes) is 2. The molecule has 1 fully saturated rings. The van der Waals surface area contributed by atoms with Crippen LogP contribution in [0, 0.1) is 12.8 Å². The Morgan fingerprint density at radius 3 is 2.73 bits per heavy atom. The van der Waals surface area contributed by atoms with Crippen LogP contribution in [-0.2, 0) is 9.53 Å². The number of carbonyl (C=O) groups is 1. The van der Waals surface area contributed by atoms with Crippen molar-refractivity contribution in [2.75, 3.05) is 43.1 Å². The van der Waals surface area contributed by atoms with Crippen LogP contribution in [0.2, 0.25) is 0 Å². The molecular weight excluding hydrogens is 423 g/mol. The summed E-state index contributed by atoms with van der Waals surface area (Å²) in [4.78, 5) is 19.0. The number of aryl methyl sites for hydroxylation is 1. The quantitative estimate of drug-likeness (QED) is 0.462. The van der Waals surface area contributed by atoms with Gasteiger partial charge in [0.05, 0.1) is 24.2 Å². The molecule has 1 atom stereocenters. The third kappa shape index (κ3) is 5.24. The second-order valence-corrected chi connectivity index (χ2v) is 8.99. The number of nitrogens with one attached hydrogen (secondary N) is 1. The van der Waals surface area contributed by atoms with Gasteiger partial charge in [0.1, 0.15) is 5.82 Å². The van der Waals surface area contributed by atoms with Crippen molar-refractivity contribution in [2.45, 2.75) is 52.6 Å². The fraction of sp³-hybridized carbons (Fsp3) is 0.583. The lowest BCUT2D eigenvalue weighted by atomic mass is 10.0. The van der Waals surface area contributed by atoms with Gasteiger partial charge in [0, 0.05) is 31.7 Å². The van der Waals surface area contributed by atoms with Gasteiger partial charge in [-0.25, -0.2) is 9.37 Å². The molecule has 1 aliphatic heterocycles. The van der Waals surface area contributed by atoms with Crippen LogP contribution in [-0.4, -0.2) is 64.4 Å². The molecule has 4 rings (SSSR count). The smallest absolute Gasteiger partial charge is 0.204 e. The van der Waals surface area contributed by atoms with Gasteiger partial charge < -0.3 is 15.0 Å². The number of Topliss-reactive ketones (excluding diaryl/α,β-unsaturated/α-hetero) is 1. The minimum atomic E-state index is -1.35. The largest absolute Gasteiger partial charge is 0.378 e. The summed E-state index contributed by atoms with van der Waals surface area (Å²) in [7, 11) is 0. The molecule has 0 spiro atoms. The molecule has 8 nitrogen and oxygen atoms in total. The van der Waals surface area contributed by atoms with Crippen LogP contribution >= 0.6 is 0 Å². The van der Waals surface area contributed by atoms with Gasteiger partial charge in [0.15, 0.2) is 17.8 Å². The van der Waals surface area contributed by atoms with Crippen molar-refractivity contribution in [3.63, 3.8) is 0 Å². The Morgan fingerprint density at radius 2 is 1.97 bits per heavy atom. The molecule has 0 unspecified atom stereocenters. The average Bonchev–Trinajstić information content (AvgIpc) is 3.22. The molecule has 178 valence electrons. The summed E-state index contributed by atoms with van der Waals surface area (Å²) in [5, 5.41) is 12.0. The SMILES string of the molecule is Cc1nnc2c(NCCCCCC(=O)[C@@H](F)C(C)C)nc3cc(N4CCOCC4)ccc3n12. The van der Waals surface area contributed by atoms with Crippen molar-refractivity contribution in [2.24, 2.45) is 5.92 Å². The molecule has 2 aromatic heterocycles. The number of nitrogens with zero attached hydrogens (tertiary/aromatic N) is 5. The Kier molecular flexibility index (Phi) is 7.37. The van der Waals surface area contributed by atoms with Crippen molar-refractivity contribution >= 4 is 34.0 Å². The van der Waals surface area contributed by atoms with E-state index in [0.717, 1.165) is 61.7 Å². The van der Waals surface area contributed by atoms with Crippen molar-refractivity contribution in [3.8, 4) is 0 Å². The highest BCUT2D eigenvalue weighted by Crippen LogP contribution is 2.26. The molecule has 9 heteroatoms. The van der Waals surface area contributed by atoms with Crippen molar-refractivity contribution < 1.29 is 13.9 Å². The molecular formula is C24H33FN6O2. The number of hydrogen-bond acceptors (Lipinski definition) is 7. The van der Waals surface area contributed by atoms with Crippen LogP contribution in [0.3, 0.4) is 0 Å². The second-order valence-electron chi connectivity index (χ2n) is 8.99. The van der Waals surface area contributed by atoms with E-state index in [1.165, 1.54) is 0 Å². The highest BCUT2D eigenvalue weighted by molar-refractivity contribution is 5.85. The van der Waals surface area contributed by atoms with Crippen molar-refractivity contribution in [1.29, 1.82) is 0 Å². The number of anilines is 2. The first-order valence-corrected chi connectivity index (χ1v) is 11.8. The summed E-state index contributed by atoms with van der Waals surface area (Å²) < 4.78 is 21.2. The number of fused-ring (bicyclic) bond motifs is 3. The summed E-state index contributed by atoms with van der Waals surface area (Å²) in [5.41, 5.74) is 3.68. The van der Waals surface area contributed by atoms with E-state index >= 15 is 0 Å². The molecule has 0 saturated carbocycles. The van der Waals surface area contributed by atoms with E-state index in [-0.39, 0.29) is 11.7 Å². The van der Waals surface area contributed by atoms with Crippen LogP contribution in [0.1, 0.15) is 45.4 Å². The lowest BCUT2D eigenvalue weighted by Crippen LogP contribution is -2.36. The second kappa shape index (κ2) is 10.4. The number of benzene rings is 1. The number of hydrogen-bond donors (Lipinski definition) is 1. The van der Waals surface area contributed by atoms with E-state index in [9.17, 15) is 9.18 Å². The van der Waals surface area contributed by atoms with E-state index in [1.54, 1.807) is 13.8 Å². The van der Waals surface area contributed by atoms with Gasteiger partial charge >= 0.3 is 0 Å². The Balaban J connectivity index is 1.43. The number of morpholine rings is 1. The topological polar surface area (TPSA) is 84.7 Å². The highest BCUT2D eigenvalue weighted by atomic mass is 19.1. The van der Waals surface area contributed by atoms with Gasteiger partial charge in [-0.2, -0.15) is 0 Å². The van der Waals surface area contributed by atoms with Crippen LogP contribution in [0.4, 0.5) is 15.9 Å². The molecule has 3 heterocycles. The normalized spacial score (nSPS) is 15.5. The first-order chi connectivity index (χ1) is 16.0. The van der Waals surface area contributed by atoms with Gasteiger partial charge in [-0.05, 0) is 43.9 Å². The maximum Gasteiger partial charge on any atom is 0.204 e. The molecule has 0 amide bonds. The number of rotatable bonds is 10. The minimum Gasteiger partial charge on any atom is -0.378 e. The van der Waals surface area contributed by atoms with E-state index in [4.69, 9.17) is 9.72 Å². The Morgan fingerprint density at radius 1 is 1.18 bits per heavy atom. The molecule has 3 aromatic rings. The van der Waals surface area contributed by atoms with Gasteiger partial charge in [0.25, 0.3) is 0 Å². The van der Waals surface area contributed by atoms with Gasteiger partial charge in [0.2, 0.25) is 5.65 Å². The average molecular weight is 457 g/mol. The molecule has 1 aliphatic rings. The summed E-state index contributed by atoms with van der Waals surface area (Å²) >= 11 is 0. The summed E-state index contributed by atoms with van der Waals surface area (Å²) in [6.07, 6.45) is 1.35. The zero-order chi connectivity index (χ0) is 23.4. The van der Waals surface area contributed by atoms with Crippen LogP contribution < -0.4 is 10.2 Å². The first-order valence-electron chi connectivity index (χ1n) is 11.8. The first kappa shape index (κ1) is 23.4. The van der Waals surface area contributed by atoms with Crippen LogP contribution in [0.5, 0.6) is 0 Å². The van der Waals surface area contributed by atoms with Crippen molar-refractivity contribution in [3.05, 3.63) is 24.0 Å². The molecule has 0 aliphatic carbocycles. The van der Waals surface area contributed by atoms with Crippen LogP contribution in [0.15, 0.2) is 18.2 Å². The summed E-state index contributed by atoms with van der Waals surface area (Å²) in [6.45, 7) is 9.31. The predicted molar refractivity (Wildman–Crippen MR) is 128 cm³/mol. The predicted octanol–water partition coefficient (Wildman–Crippen LogP) is 3.96. The van der Waals surface area contributed by atoms with Crippen LogP contribution in [0.25, 0.3) is 16.7 Å². The summed E-state index contributed by atoms with van der Waals surface area (Å²) in [5.74, 6) is 0.966. The zero-order valence-electron chi connectivity index (χ0n) is 19.7. The Labute approximate surface area is 193 Å². The molecule has 0 bridgehead atoms. The van der Waals surface area contributed by atoms with Gasteiger partial charge in [-0.1, -0.05) is 20.3 Å². The van der Waals surface area contributed by atoms with Gasteiger partial charge in [-0.3, -0.25) is 9.20 Å². The molecule has 33 heavy (non-hydrogen) atoms. The lowest BCUT2D eigenvalue weighted by Gasteiger charge is -2.29. The number of aromatic nitrogens is 4. The number of carbonyl (C=O) groups excluding carboxylic acids is 1. The number of alkyl halides is 1. The maximum atomic E-state index is 13.7. The minimum absolute atomic E-state index is 0.254. The van der Waals surface area contributed by atoms with E-state index < -0.39 is 6.17 Å². The van der Waals surface area contributed by atoms with E-state index in [0.29, 0.717) is 30.9 Å². The fourth-order valence-corrected chi connectivity index (χ4v) is 4.22. The maximum absolute atomic E-state index is 13.7. The van der Waals surface area contributed by atoms with Crippen molar-refractivity contribution in [1.82, 2.24) is 19.6 Å². The molecule has 1 aromatic carbocycles. The lowest BCUT2D eigenvalue weighted by molar-refractivity contribution is -0.125. The standard InChI is InChI=1S/C24H33FN6O2/c1-16(2)22(25)21(32)7-5-4-6-10-26-23-24-29-28-17(3)31(24)20-9-8-18(15-19(20)27-23)30-11-13-33-14-12-30/h8-9,15-16,22H,4-7,10-14H2,1-3H3,(H,26,27)/t22-/m0/s1. The fourth-order valence-electron chi connectivity index (χ4n) is 4.22. The third-order valence-corrected chi connectivity index (χ3v) is 6.13. The zero-order valence-corrected chi connectivity index (χ0v) is 19.7. The molecule has 0 radical (unpaired) electrons. The van der Waals surface area contributed by atoms with E-state index in [1.807, 2.05) is 11.3 Å². The molecule has 1 saturated heterocycles. The van der Waals surface area contributed by atoms with Gasteiger partial charge in [-0.15, -0.1) is 10.2 Å². The van der Waals surface area contributed by atoms with E-state index in [2.05, 4.69) is 38.6 Å².